The average Bonchev–Trinajstić information content (AvgIpc) is 3.22. The van der Waals surface area contributed by atoms with Crippen molar-refractivity contribution in [1.82, 2.24) is 14.7 Å². The van der Waals surface area contributed by atoms with Gasteiger partial charge in [-0.3, -0.25) is 14.4 Å². The van der Waals surface area contributed by atoms with E-state index in [9.17, 15) is 4.79 Å². The van der Waals surface area contributed by atoms with Gasteiger partial charge in [0.1, 0.15) is 0 Å². The van der Waals surface area contributed by atoms with Crippen molar-refractivity contribution in [1.29, 1.82) is 0 Å². The van der Waals surface area contributed by atoms with E-state index in [0.29, 0.717) is 5.92 Å². The predicted octanol–water partition coefficient (Wildman–Crippen LogP) is 2.19. The van der Waals surface area contributed by atoms with Crippen LogP contribution >= 0.6 is 24.8 Å². The molecule has 2 aliphatic rings. The molecule has 27 heavy (non-hydrogen) atoms. The first kappa shape index (κ1) is 21.7. The molecular formula is C19H27Cl2N5O. The van der Waals surface area contributed by atoms with Gasteiger partial charge in [0.25, 0.3) is 0 Å². The fraction of sp³-hybridized carbons (Fsp3) is 0.474. The molecule has 1 aromatic carbocycles. The highest BCUT2D eigenvalue weighted by Gasteiger charge is 2.40. The first-order valence-electron chi connectivity index (χ1n) is 8.98. The van der Waals surface area contributed by atoms with E-state index in [1.807, 2.05) is 24.2 Å². The number of aryl methyl sites for hydroxylation is 1. The number of halogens is 2. The number of amides is 1. The van der Waals surface area contributed by atoms with Gasteiger partial charge in [-0.05, 0) is 18.4 Å². The molecule has 3 atom stereocenters. The van der Waals surface area contributed by atoms with Gasteiger partial charge in [0.15, 0.2) is 0 Å². The third kappa shape index (κ3) is 4.29. The maximum Gasteiger partial charge on any atom is 0.244 e. The second-order valence-electron chi connectivity index (χ2n) is 7.16. The molecule has 2 fully saturated rings. The highest BCUT2D eigenvalue weighted by Crippen LogP contribution is 2.31. The average molecular weight is 412 g/mol. The fourth-order valence-corrected chi connectivity index (χ4v) is 4.17. The fourth-order valence-electron chi connectivity index (χ4n) is 4.17. The van der Waals surface area contributed by atoms with Crippen LogP contribution in [0.3, 0.4) is 0 Å². The van der Waals surface area contributed by atoms with Gasteiger partial charge < -0.3 is 10.6 Å². The molecule has 0 saturated carbocycles. The normalized spacial score (nSPS) is 25.8. The number of rotatable bonds is 3. The van der Waals surface area contributed by atoms with E-state index in [-0.39, 0.29) is 42.8 Å². The molecule has 8 heteroatoms. The summed E-state index contributed by atoms with van der Waals surface area (Å²) in [5, 5.41) is 4.20. The van der Waals surface area contributed by atoms with Gasteiger partial charge in [-0.2, -0.15) is 5.10 Å². The molecule has 1 amide bonds. The monoisotopic (exact) mass is 411 g/mol. The highest BCUT2D eigenvalue weighted by molar-refractivity contribution is 5.97. The Hall–Kier alpha value is -1.60. The molecule has 0 aliphatic carbocycles. The Balaban J connectivity index is 0.00000131. The SMILES string of the molecule is Cl.Cl.Cn1cc(N2CCCC(N3C[C@@H](N)[C@H](c4ccccc4)C3)C2=O)cn1. The highest BCUT2D eigenvalue weighted by atomic mass is 35.5. The summed E-state index contributed by atoms with van der Waals surface area (Å²) in [7, 11) is 1.87. The zero-order chi connectivity index (χ0) is 17.4. The first-order chi connectivity index (χ1) is 12.1. The Labute approximate surface area is 172 Å². The third-order valence-electron chi connectivity index (χ3n) is 5.48. The maximum atomic E-state index is 13.1. The van der Waals surface area contributed by atoms with Gasteiger partial charge in [-0.15, -0.1) is 24.8 Å². The number of aromatic nitrogens is 2. The van der Waals surface area contributed by atoms with Crippen molar-refractivity contribution < 1.29 is 4.79 Å². The number of piperidine rings is 1. The molecule has 2 N–H and O–H groups in total. The van der Waals surface area contributed by atoms with Crippen molar-refractivity contribution in [2.45, 2.75) is 30.8 Å². The number of nitrogens with zero attached hydrogens (tertiary/aromatic N) is 4. The van der Waals surface area contributed by atoms with Gasteiger partial charge in [0.05, 0.1) is 17.9 Å². The van der Waals surface area contributed by atoms with Gasteiger partial charge in [0.2, 0.25) is 5.91 Å². The molecule has 2 aliphatic heterocycles. The summed E-state index contributed by atoms with van der Waals surface area (Å²) in [4.78, 5) is 17.2. The topological polar surface area (TPSA) is 67.4 Å². The number of anilines is 1. The Morgan fingerprint density at radius 1 is 1.15 bits per heavy atom. The van der Waals surface area contributed by atoms with Crippen LogP contribution in [0.4, 0.5) is 5.69 Å². The van der Waals surface area contributed by atoms with Crippen molar-refractivity contribution in [2.75, 3.05) is 24.5 Å². The van der Waals surface area contributed by atoms with E-state index in [1.54, 1.807) is 10.9 Å². The Morgan fingerprint density at radius 3 is 2.56 bits per heavy atom. The number of likely N-dealkylation sites (tertiary alicyclic amines) is 1. The van der Waals surface area contributed by atoms with Crippen molar-refractivity contribution >= 4 is 36.4 Å². The van der Waals surface area contributed by atoms with E-state index < -0.39 is 0 Å². The lowest BCUT2D eigenvalue weighted by Crippen LogP contribution is -2.52. The molecule has 0 spiro atoms. The smallest absolute Gasteiger partial charge is 0.244 e. The van der Waals surface area contributed by atoms with Crippen LogP contribution in [0.15, 0.2) is 42.7 Å². The van der Waals surface area contributed by atoms with Crippen LogP contribution < -0.4 is 10.6 Å². The van der Waals surface area contributed by atoms with Crippen LogP contribution in [0, 0.1) is 0 Å². The Bertz CT molecular complexity index is 754. The van der Waals surface area contributed by atoms with Crippen LogP contribution in [0.1, 0.15) is 24.3 Å². The molecular weight excluding hydrogens is 385 g/mol. The summed E-state index contributed by atoms with van der Waals surface area (Å²) in [6, 6.07) is 10.4. The van der Waals surface area contributed by atoms with E-state index in [0.717, 1.165) is 38.2 Å². The molecule has 1 aromatic heterocycles. The molecule has 6 nitrogen and oxygen atoms in total. The molecule has 1 unspecified atom stereocenters. The second-order valence-corrected chi connectivity index (χ2v) is 7.16. The quantitative estimate of drug-likeness (QED) is 0.840. The zero-order valence-electron chi connectivity index (χ0n) is 15.4. The Kier molecular flexibility index (Phi) is 7.28. The van der Waals surface area contributed by atoms with Crippen LogP contribution in [0.2, 0.25) is 0 Å². The summed E-state index contributed by atoms with van der Waals surface area (Å²) >= 11 is 0. The van der Waals surface area contributed by atoms with Gasteiger partial charge in [-0.25, -0.2) is 0 Å². The van der Waals surface area contributed by atoms with Crippen LogP contribution in [-0.2, 0) is 11.8 Å². The summed E-state index contributed by atoms with van der Waals surface area (Å²) < 4.78 is 1.74. The van der Waals surface area contributed by atoms with E-state index >= 15 is 0 Å². The number of carbonyl (C=O) groups is 1. The zero-order valence-corrected chi connectivity index (χ0v) is 17.0. The van der Waals surface area contributed by atoms with E-state index in [2.05, 4.69) is 34.3 Å². The standard InChI is InChI=1S/C19H25N5O.2ClH/c1-22-11-15(10-21-22)24-9-5-8-18(19(24)25)23-12-16(17(20)13-23)14-6-3-2-4-7-14;;/h2-4,6-7,10-11,16-18H,5,8-9,12-13,20H2,1H3;2*1H/t16-,17+,18?;;/m0../s1. The van der Waals surface area contributed by atoms with E-state index in [4.69, 9.17) is 5.73 Å². The molecule has 0 radical (unpaired) electrons. The second kappa shape index (κ2) is 9.06. The molecule has 148 valence electrons. The minimum Gasteiger partial charge on any atom is -0.326 e. The van der Waals surface area contributed by atoms with Crippen LogP contribution in [0.25, 0.3) is 0 Å². The minimum absolute atomic E-state index is 0. The van der Waals surface area contributed by atoms with Crippen molar-refractivity contribution in [3.05, 3.63) is 48.3 Å². The molecule has 2 aromatic rings. The largest absolute Gasteiger partial charge is 0.326 e. The van der Waals surface area contributed by atoms with Crippen molar-refractivity contribution in [3.63, 3.8) is 0 Å². The lowest BCUT2D eigenvalue weighted by atomic mass is 9.95. The van der Waals surface area contributed by atoms with E-state index in [1.165, 1.54) is 5.56 Å². The summed E-state index contributed by atoms with van der Waals surface area (Å²) in [5.74, 6) is 0.475. The molecule has 0 bridgehead atoms. The first-order valence-corrected chi connectivity index (χ1v) is 8.98. The third-order valence-corrected chi connectivity index (χ3v) is 5.48. The number of nitrogens with two attached hydrogens (primary N) is 1. The van der Waals surface area contributed by atoms with Crippen LogP contribution in [0.5, 0.6) is 0 Å². The molecule has 2 saturated heterocycles. The van der Waals surface area contributed by atoms with Crippen molar-refractivity contribution in [2.24, 2.45) is 12.8 Å². The Morgan fingerprint density at radius 2 is 1.89 bits per heavy atom. The predicted molar refractivity (Wildman–Crippen MR) is 112 cm³/mol. The van der Waals surface area contributed by atoms with Gasteiger partial charge in [-0.1, -0.05) is 30.3 Å². The van der Waals surface area contributed by atoms with Gasteiger partial charge in [0, 0.05) is 44.8 Å². The van der Waals surface area contributed by atoms with Gasteiger partial charge >= 0.3 is 0 Å². The number of hydrogen-bond acceptors (Lipinski definition) is 4. The number of carbonyl (C=O) groups excluding carboxylic acids is 1. The summed E-state index contributed by atoms with van der Waals surface area (Å²) in [6.45, 7) is 2.39. The molecule has 4 rings (SSSR count). The number of benzene rings is 1. The van der Waals surface area contributed by atoms with Crippen molar-refractivity contribution in [3.8, 4) is 0 Å². The number of hydrogen-bond donors (Lipinski definition) is 1. The summed E-state index contributed by atoms with van der Waals surface area (Å²) in [5.41, 5.74) is 8.58. The lowest BCUT2D eigenvalue weighted by Gasteiger charge is -2.36. The molecule has 3 heterocycles. The lowest BCUT2D eigenvalue weighted by molar-refractivity contribution is -0.125. The summed E-state index contributed by atoms with van der Waals surface area (Å²) in [6.07, 6.45) is 5.59. The van der Waals surface area contributed by atoms with Crippen LogP contribution in [-0.4, -0.2) is 52.3 Å². The minimum atomic E-state index is -0.0753. The maximum absolute atomic E-state index is 13.1.